The van der Waals surface area contributed by atoms with Gasteiger partial charge in [0.1, 0.15) is 5.75 Å². The number of halogens is 1. The lowest BCUT2D eigenvalue weighted by Crippen LogP contribution is -2.29. The predicted octanol–water partition coefficient (Wildman–Crippen LogP) is 7.95. The average molecular weight is 557 g/mol. The minimum atomic E-state index is -0.109. The highest BCUT2D eigenvalue weighted by Crippen LogP contribution is 2.44. The predicted molar refractivity (Wildman–Crippen MR) is 162 cm³/mol. The lowest BCUT2D eigenvalue weighted by molar-refractivity contribution is 0.210. The van der Waals surface area contributed by atoms with Crippen molar-refractivity contribution in [3.05, 3.63) is 106 Å². The molecule has 2 fully saturated rings. The normalized spacial score (nSPS) is 19.5. The fraction of sp³-hybridized carbons (Fsp3) is 0.312. The molecule has 0 bridgehead atoms. The van der Waals surface area contributed by atoms with E-state index in [1.54, 1.807) is 0 Å². The Balaban J connectivity index is 1.43. The van der Waals surface area contributed by atoms with Crippen LogP contribution < -0.4 is 15.0 Å². The molecule has 2 unspecified atom stereocenters. The topological polar surface area (TPSA) is 42.3 Å². The fourth-order valence-electron chi connectivity index (χ4n) is 6.13. The molecule has 5 nitrogen and oxygen atoms in total. The van der Waals surface area contributed by atoms with Crippen molar-refractivity contribution in [2.75, 3.05) is 4.90 Å². The first-order chi connectivity index (χ1) is 18.9. The second kappa shape index (κ2) is 10.7. The molecule has 0 radical (unpaired) electrons. The second-order valence-electron chi connectivity index (χ2n) is 10.6. The van der Waals surface area contributed by atoms with E-state index in [0.29, 0.717) is 11.2 Å². The first kappa shape index (κ1) is 25.9. The standard InChI is InChI=1S/C32H33ClN4OS/c1-20-19-26(22(3)36(20)29-13-8-11-27(33)21(29)2)31-30(28-12-6-7-18-34-28)35-32(39)37(31)23-14-16-25(17-15-23)38-24-9-4-5-10-24/h6-8,11-19,24,30-31H,4-5,9-10H2,1-3H3,(H,35,39). The molecule has 2 aromatic heterocycles. The van der Waals surface area contributed by atoms with Crippen LogP contribution in [0.4, 0.5) is 5.69 Å². The van der Waals surface area contributed by atoms with E-state index in [0.717, 1.165) is 57.6 Å². The lowest BCUT2D eigenvalue weighted by atomic mass is 9.96. The Kier molecular flexibility index (Phi) is 7.08. The number of thiocarbonyl (C=S) groups is 1. The number of hydrogen-bond acceptors (Lipinski definition) is 3. The van der Waals surface area contributed by atoms with Crippen LogP contribution in [0.15, 0.2) is 72.9 Å². The van der Waals surface area contributed by atoms with Crippen molar-refractivity contribution in [3.63, 3.8) is 0 Å². The van der Waals surface area contributed by atoms with Gasteiger partial charge < -0.3 is 19.5 Å². The number of aryl methyl sites for hydroxylation is 1. The summed E-state index contributed by atoms with van der Waals surface area (Å²) < 4.78 is 8.53. The smallest absolute Gasteiger partial charge is 0.174 e. The zero-order valence-corrected chi connectivity index (χ0v) is 24.1. The second-order valence-corrected chi connectivity index (χ2v) is 11.4. The number of aromatic nitrogens is 2. The Labute approximate surface area is 240 Å². The summed E-state index contributed by atoms with van der Waals surface area (Å²) in [5, 5.41) is 5.04. The summed E-state index contributed by atoms with van der Waals surface area (Å²) in [4.78, 5) is 6.95. The summed E-state index contributed by atoms with van der Waals surface area (Å²) in [6, 6.07) is 22.6. The van der Waals surface area contributed by atoms with Gasteiger partial charge in [-0.25, -0.2) is 0 Å². The summed E-state index contributed by atoms with van der Waals surface area (Å²) in [6.45, 7) is 6.39. The van der Waals surface area contributed by atoms with Gasteiger partial charge in [-0.05, 0) is 124 Å². The van der Waals surface area contributed by atoms with Crippen LogP contribution in [0.25, 0.3) is 5.69 Å². The van der Waals surface area contributed by atoms with Crippen molar-refractivity contribution >= 4 is 34.6 Å². The van der Waals surface area contributed by atoms with Gasteiger partial charge >= 0.3 is 0 Å². The molecular weight excluding hydrogens is 524 g/mol. The van der Waals surface area contributed by atoms with Crippen LogP contribution in [0.2, 0.25) is 5.02 Å². The summed E-state index contributed by atoms with van der Waals surface area (Å²) in [7, 11) is 0. The molecule has 1 N–H and O–H groups in total. The molecule has 7 heteroatoms. The van der Waals surface area contributed by atoms with Gasteiger partial charge in [0.15, 0.2) is 5.11 Å². The lowest BCUT2D eigenvalue weighted by Gasteiger charge is -2.28. The Morgan fingerprint density at radius 3 is 2.46 bits per heavy atom. The van der Waals surface area contributed by atoms with Gasteiger partial charge in [-0.2, -0.15) is 0 Å². The highest BCUT2D eigenvalue weighted by atomic mass is 35.5. The molecule has 39 heavy (non-hydrogen) atoms. The molecule has 3 heterocycles. The number of nitrogens with zero attached hydrogens (tertiary/aromatic N) is 3. The van der Waals surface area contributed by atoms with E-state index in [1.807, 2.05) is 30.5 Å². The third kappa shape index (κ3) is 4.81. The van der Waals surface area contributed by atoms with E-state index < -0.39 is 0 Å². The van der Waals surface area contributed by atoms with Crippen molar-refractivity contribution in [2.24, 2.45) is 0 Å². The van der Waals surface area contributed by atoms with E-state index in [9.17, 15) is 0 Å². The molecule has 1 aliphatic carbocycles. The van der Waals surface area contributed by atoms with E-state index in [1.165, 1.54) is 18.4 Å². The average Bonchev–Trinajstić information content (AvgIpc) is 3.65. The molecule has 2 atom stereocenters. The maximum atomic E-state index is 6.53. The quantitative estimate of drug-likeness (QED) is 0.244. The first-order valence-corrected chi connectivity index (χ1v) is 14.4. The minimum Gasteiger partial charge on any atom is -0.490 e. The van der Waals surface area contributed by atoms with Gasteiger partial charge in [0.2, 0.25) is 0 Å². The maximum Gasteiger partial charge on any atom is 0.174 e. The van der Waals surface area contributed by atoms with Crippen LogP contribution in [-0.4, -0.2) is 20.8 Å². The van der Waals surface area contributed by atoms with E-state index in [2.05, 4.69) is 78.0 Å². The number of rotatable bonds is 6. The summed E-state index contributed by atoms with van der Waals surface area (Å²) in [6.07, 6.45) is 6.94. The number of benzene rings is 2. The number of hydrogen-bond donors (Lipinski definition) is 1. The summed E-state index contributed by atoms with van der Waals surface area (Å²) in [5.74, 6) is 0.913. The van der Waals surface area contributed by atoms with E-state index >= 15 is 0 Å². The van der Waals surface area contributed by atoms with Crippen LogP contribution in [0.1, 0.15) is 66.0 Å². The molecule has 0 spiro atoms. The van der Waals surface area contributed by atoms with Gasteiger partial charge in [0, 0.05) is 34.0 Å². The van der Waals surface area contributed by atoms with Crippen LogP contribution in [0.5, 0.6) is 5.75 Å². The minimum absolute atomic E-state index is 0.0894. The Morgan fingerprint density at radius 1 is 0.974 bits per heavy atom. The Hall–Kier alpha value is -3.35. The van der Waals surface area contributed by atoms with Crippen LogP contribution >= 0.6 is 23.8 Å². The third-order valence-corrected chi connectivity index (χ3v) is 8.81. The van der Waals surface area contributed by atoms with Crippen molar-refractivity contribution in [2.45, 2.75) is 64.6 Å². The molecule has 6 rings (SSSR count). The molecule has 2 aromatic carbocycles. The maximum absolute atomic E-state index is 6.53. The molecule has 4 aromatic rings. The van der Waals surface area contributed by atoms with Crippen molar-refractivity contribution in [3.8, 4) is 11.4 Å². The molecule has 1 aliphatic heterocycles. The summed E-state index contributed by atoms with van der Waals surface area (Å²) >= 11 is 12.5. The van der Waals surface area contributed by atoms with Crippen molar-refractivity contribution in [1.82, 2.24) is 14.9 Å². The largest absolute Gasteiger partial charge is 0.490 e. The molecule has 200 valence electrons. The number of anilines is 1. The molecule has 1 saturated carbocycles. The van der Waals surface area contributed by atoms with Gasteiger partial charge in [-0.3, -0.25) is 4.98 Å². The van der Waals surface area contributed by atoms with Gasteiger partial charge in [0.25, 0.3) is 0 Å². The molecule has 1 saturated heterocycles. The molecular formula is C32H33ClN4OS. The zero-order valence-electron chi connectivity index (χ0n) is 22.5. The first-order valence-electron chi connectivity index (χ1n) is 13.6. The third-order valence-electron chi connectivity index (χ3n) is 8.09. The fourth-order valence-corrected chi connectivity index (χ4v) is 6.64. The number of ether oxygens (including phenoxy) is 1. The van der Waals surface area contributed by atoms with Crippen molar-refractivity contribution in [1.29, 1.82) is 0 Å². The zero-order chi connectivity index (χ0) is 27.1. The Bertz CT molecular complexity index is 1490. The highest BCUT2D eigenvalue weighted by molar-refractivity contribution is 7.80. The molecule has 2 aliphatic rings. The molecule has 0 amide bonds. The van der Waals surface area contributed by atoms with Gasteiger partial charge in [-0.1, -0.05) is 23.7 Å². The van der Waals surface area contributed by atoms with Crippen LogP contribution in [0.3, 0.4) is 0 Å². The number of pyridine rings is 1. The van der Waals surface area contributed by atoms with E-state index in [4.69, 9.17) is 33.5 Å². The highest BCUT2D eigenvalue weighted by Gasteiger charge is 2.42. The van der Waals surface area contributed by atoms with Crippen LogP contribution in [0, 0.1) is 20.8 Å². The SMILES string of the molecule is Cc1c(Cl)cccc1-n1c(C)cc(C2C(c3ccccn3)NC(=S)N2c2ccc(OC3CCCC3)cc2)c1C. The van der Waals surface area contributed by atoms with Crippen molar-refractivity contribution < 1.29 is 4.74 Å². The number of nitrogens with one attached hydrogen (secondary N) is 1. The monoisotopic (exact) mass is 556 g/mol. The van der Waals surface area contributed by atoms with Gasteiger partial charge in [-0.15, -0.1) is 0 Å². The van der Waals surface area contributed by atoms with Gasteiger partial charge in [0.05, 0.1) is 23.9 Å². The Morgan fingerprint density at radius 2 is 1.74 bits per heavy atom. The summed E-state index contributed by atoms with van der Waals surface area (Å²) in [5.41, 5.74) is 7.62. The van der Waals surface area contributed by atoms with Crippen LogP contribution in [-0.2, 0) is 0 Å². The van der Waals surface area contributed by atoms with E-state index in [-0.39, 0.29) is 12.1 Å².